The Kier molecular flexibility index (Phi) is 10.5. The Morgan fingerprint density at radius 3 is 2.48 bits per heavy atom. The molecule has 1 saturated heterocycles. The molecule has 0 saturated carbocycles. The van der Waals surface area contributed by atoms with Crippen molar-refractivity contribution in [2.75, 3.05) is 13.1 Å². The number of rotatable bonds is 5. The maximum Gasteiger partial charge on any atom is 0.224 e. The van der Waals surface area contributed by atoms with Gasteiger partial charge in [0.2, 0.25) is 5.91 Å². The van der Waals surface area contributed by atoms with Crippen LogP contribution in [0.2, 0.25) is 0 Å². The average Bonchev–Trinajstić information content (AvgIpc) is 2.50. The number of nitrogens with zero attached hydrogens (tertiary/aromatic N) is 1. The molecule has 0 aromatic heterocycles. The number of piperidine rings is 1. The summed E-state index contributed by atoms with van der Waals surface area (Å²) < 4.78 is 27.5. The van der Waals surface area contributed by atoms with Gasteiger partial charge in [0.05, 0.1) is 0 Å². The first-order chi connectivity index (χ1) is 10.9. The third-order valence-electron chi connectivity index (χ3n) is 4.50. The summed E-state index contributed by atoms with van der Waals surface area (Å²) in [5, 5.41) is 3.00. The minimum Gasteiger partial charge on any atom is -0.352 e. The van der Waals surface area contributed by atoms with Crippen LogP contribution in [0.5, 0.6) is 0 Å². The quantitative estimate of drug-likeness (QED) is 0.802. The van der Waals surface area contributed by atoms with Crippen LogP contribution in [0, 0.1) is 17.6 Å². The van der Waals surface area contributed by atoms with Gasteiger partial charge in [0, 0.05) is 36.7 Å². The van der Waals surface area contributed by atoms with E-state index >= 15 is 0 Å². The molecule has 1 fully saturated rings. The van der Waals surface area contributed by atoms with E-state index in [2.05, 4.69) is 5.32 Å². The summed E-state index contributed by atoms with van der Waals surface area (Å²) in [5.74, 6) is -1.37. The Balaban J connectivity index is 0.00000288. The summed E-state index contributed by atoms with van der Waals surface area (Å²) in [5.41, 5.74) is 5.84. The molecule has 1 aliphatic rings. The molecule has 4 nitrogen and oxygen atoms in total. The van der Waals surface area contributed by atoms with Gasteiger partial charge in [-0.05, 0) is 38.4 Å². The molecule has 1 amide bonds. The lowest BCUT2D eigenvalue weighted by molar-refractivity contribution is -0.126. The summed E-state index contributed by atoms with van der Waals surface area (Å²) in [6.45, 7) is 5.18. The monoisotopic (exact) mass is 397 g/mol. The van der Waals surface area contributed by atoms with Gasteiger partial charge in [-0.25, -0.2) is 8.78 Å². The van der Waals surface area contributed by atoms with Crippen molar-refractivity contribution in [2.45, 2.75) is 45.3 Å². The highest BCUT2D eigenvalue weighted by atomic mass is 35.5. The first-order valence-corrected chi connectivity index (χ1v) is 8.09. The predicted octanol–water partition coefficient (Wildman–Crippen LogP) is 2.87. The van der Waals surface area contributed by atoms with Crippen LogP contribution in [0.1, 0.15) is 32.3 Å². The standard InChI is InChI=1S/C17H25F2N3O.2ClH/c1-11(12(2)20)17(23)21-13-5-4-8-22(9-13)10-14-15(18)6-3-7-16(14)19;;/h3,6-7,11-13H,4-5,8-10,20H2,1-2H3,(H,21,23);2*1H. The van der Waals surface area contributed by atoms with E-state index in [1.807, 2.05) is 4.90 Å². The van der Waals surface area contributed by atoms with E-state index in [4.69, 9.17) is 5.73 Å². The number of carbonyl (C=O) groups excluding carboxylic acids is 1. The highest BCUT2D eigenvalue weighted by Gasteiger charge is 2.25. The number of benzene rings is 1. The van der Waals surface area contributed by atoms with E-state index in [1.54, 1.807) is 13.8 Å². The van der Waals surface area contributed by atoms with Crippen LogP contribution < -0.4 is 11.1 Å². The minimum absolute atomic E-state index is 0. The number of hydrogen-bond donors (Lipinski definition) is 2. The molecule has 3 N–H and O–H groups in total. The van der Waals surface area contributed by atoms with E-state index in [1.165, 1.54) is 18.2 Å². The Bertz CT molecular complexity index is 540. The second-order valence-electron chi connectivity index (χ2n) is 6.43. The van der Waals surface area contributed by atoms with Crippen LogP contribution >= 0.6 is 24.8 Å². The Morgan fingerprint density at radius 1 is 1.32 bits per heavy atom. The molecule has 144 valence electrons. The summed E-state index contributed by atoms with van der Waals surface area (Å²) in [6, 6.07) is 3.69. The second-order valence-corrected chi connectivity index (χ2v) is 6.43. The molecule has 2 rings (SSSR count). The molecule has 0 aliphatic carbocycles. The number of halogens is 4. The van der Waals surface area contributed by atoms with Gasteiger partial charge in [-0.2, -0.15) is 0 Å². The highest BCUT2D eigenvalue weighted by Crippen LogP contribution is 2.18. The van der Waals surface area contributed by atoms with Gasteiger partial charge < -0.3 is 11.1 Å². The van der Waals surface area contributed by atoms with Gasteiger partial charge >= 0.3 is 0 Å². The molecular formula is C17H27Cl2F2N3O. The number of hydrogen-bond acceptors (Lipinski definition) is 3. The molecule has 1 aromatic rings. The summed E-state index contributed by atoms with van der Waals surface area (Å²) >= 11 is 0. The lowest BCUT2D eigenvalue weighted by Gasteiger charge is -2.34. The van der Waals surface area contributed by atoms with Gasteiger partial charge in [-0.1, -0.05) is 13.0 Å². The molecule has 25 heavy (non-hydrogen) atoms. The zero-order valence-corrected chi connectivity index (χ0v) is 16.1. The third kappa shape index (κ3) is 6.70. The Morgan fingerprint density at radius 2 is 1.92 bits per heavy atom. The topological polar surface area (TPSA) is 58.4 Å². The molecular weight excluding hydrogens is 371 g/mol. The molecule has 0 radical (unpaired) electrons. The van der Waals surface area contributed by atoms with Crippen LogP contribution in [0.3, 0.4) is 0 Å². The molecule has 1 heterocycles. The van der Waals surface area contributed by atoms with Crippen molar-refractivity contribution in [3.05, 3.63) is 35.4 Å². The van der Waals surface area contributed by atoms with Crippen molar-refractivity contribution < 1.29 is 13.6 Å². The fraction of sp³-hybridized carbons (Fsp3) is 0.588. The van der Waals surface area contributed by atoms with Crippen molar-refractivity contribution in [1.29, 1.82) is 0 Å². The largest absolute Gasteiger partial charge is 0.352 e. The molecule has 1 aromatic carbocycles. The SMILES string of the molecule is CC(N)C(C)C(=O)NC1CCCN(Cc2c(F)cccc2F)C1.Cl.Cl. The van der Waals surface area contributed by atoms with Crippen LogP contribution in [-0.4, -0.2) is 36.0 Å². The summed E-state index contributed by atoms with van der Waals surface area (Å²) in [4.78, 5) is 14.1. The van der Waals surface area contributed by atoms with Crippen LogP contribution in [0.15, 0.2) is 18.2 Å². The number of likely N-dealkylation sites (tertiary alicyclic amines) is 1. The van der Waals surface area contributed by atoms with Gasteiger partial charge in [-0.3, -0.25) is 9.69 Å². The van der Waals surface area contributed by atoms with E-state index in [-0.39, 0.29) is 60.8 Å². The van der Waals surface area contributed by atoms with E-state index < -0.39 is 11.6 Å². The number of amides is 1. The molecule has 0 spiro atoms. The molecule has 3 atom stereocenters. The first kappa shape index (κ1) is 24.1. The zero-order chi connectivity index (χ0) is 17.0. The highest BCUT2D eigenvalue weighted by molar-refractivity contribution is 5.85. The van der Waals surface area contributed by atoms with E-state index in [0.29, 0.717) is 6.54 Å². The van der Waals surface area contributed by atoms with Gasteiger partial charge in [0.15, 0.2) is 0 Å². The smallest absolute Gasteiger partial charge is 0.224 e. The molecule has 1 aliphatic heterocycles. The number of nitrogens with one attached hydrogen (secondary N) is 1. The summed E-state index contributed by atoms with van der Waals surface area (Å²) in [7, 11) is 0. The number of carbonyl (C=O) groups is 1. The predicted molar refractivity (Wildman–Crippen MR) is 100 cm³/mol. The van der Waals surface area contributed by atoms with Crippen molar-refractivity contribution in [1.82, 2.24) is 10.2 Å². The maximum atomic E-state index is 13.8. The van der Waals surface area contributed by atoms with Crippen molar-refractivity contribution in [3.63, 3.8) is 0 Å². The average molecular weight is 398 g/mol. The lowest BCUT2D eigenvalue weighted by atomic mass is 10.0. The van der Waals surface area contributed by atoms with Crippen molar-refractivity contribution in [3.8, 4) is 0 Å². The van der Waals surface area contributed by atoms with E-state index in [9.17, 15) is 13.6 Å². The fourth-order valence-electron chi connectivity index (χ4n) is 2.80. The Labute approximate surface area is 160 Å². The zero-order valence-electron chi connectivity index (χ0n) is 14.5. The van der Waals surface area contributed by atoms with Crippen molar-refractivity contribution in [2.24, 2.45) is 11.7 Å². The molecule has 8 heteroatoms. The first-order valence-electron chi connectivity index (χ1n) is 8.09. The lowest BCUT2D eigenvalue weighted by Crippen LogP contribution is -2.50. The number of nitrogens with two attached hydrogens (primary N) is 1. The van der Waals surface area contributed by atoms with E-state index in [0.717, 1.165) is 19.4 Å². The van der Waals surface area contributed by atoms with Crippen LogP contribution in [0.25, 0.3) is 0 Å². The normalized spacial score (nSPS) is 20.0. The van der Waals surface area contributed by atoms with Crippen molar-refractivity contribution >= 4 is 30.7 Å². The Hall–Kier alpha value is -0.950. The molecule has 0 bridgehead atoms. The van der Waals surface area contributed by atoms with Gasteiger partial charge in [0.1, 0.15) is 11.6 Å². The van der Waals surface area contributed by atoms with Gasteiger partial charge in [-0.15, -0.1) is 24.8 Å². The summed E-state index contributed by atoms with van der Waals surface area (Å²) in [6.07, 6.45) is 1.75. The van der Waals surface area contributed by atoms with Crippen LogP contribution in [-0.2, 0) is 11.3 Å². The van der Waals surface area contributed by atoms with Gasteiger partial charge in [0.25, 0.3) is 0 Å². The minimum atomic E-state index is -0.526. The fourth-order valence-corrected chi connectivity index (χ4v) is 2.80. The third-order valence-corrected chi connectivity index (χ3v) is 4.50. The maximum absolute atomic E-state index is 13.8. The molecule has 3 unspecified atom stereocenters. The second kappa shape index (κ2) is 10.9. The van der Waals surface area contributed by atoms with Crippen LogP contribution in [0.4, 0.5) is 8.78 Å².